The zero-order valence-corrected chi connectivity index (χ0v) is 16.4. The number of urea groups is 1. The lowest BCUT2D eigenvalue weighted by atomic mass is 10.1. The maximum Gasteiger partial charge on any atom is 0.321 e. The minimum atomic E-state index is -0.0749. The molecule has 5 heteroatoms. The Balaban J connectivity index is 1.55. The van der Waals surface area contributed by atoms with Crippen LogP contribution in [0.3, 0.4) is 0 Å². The molecule has 2 aromatic rings. The molecule has 0 bridgehead atoms. The molecule has 1 saturated heterocycles. The number of carbonyl (C=O) groups is 1. The van der Waals surface area contributed by atoms with Gasteiger partial charge < -0.3 is 10.2 Å². The van der Waals surface area contributed by atoms with E-state index in [9.17, 15) is 4.79 Å². The van der Waals surface area contributed by atoms with Crippen LogP contribution in [0.15, 0.2) is 36.4 Å². The van der Waals surface area contributed by atoms with Gasteiger partial charge in [-0.3, -0.25) is 4.90 Å². The lowest BCUT2D eigenvalue weighted by Gasteiger charge is -2.35. The lowest BCUT2D eigenvalue weighted by molar-refractivity contribution is 0.143. The molecule has 0 unspecified atom stereocenters. The van der Waals surface area contributed by atoms with Crippen molar-refractivity contribution in [3.8, 4) is 0 Å². The zero-order valence-electron chi connectivity index (χ0n) is 15.7. The third kappa shape index (κ3) is 4.57. The fourth-order valence-corrected chi connectivity index (χ4v) is 3.81. The molecule has 0 aliphatic carbocycles. The highest BCUT2D eigenvalue weighted by Gasteiger charge is 2.22. The van der Waals surface area contributed by atoms with E-state index >= 15 is 0 Å². The third-order valence-corrected chi connectivity index (χ3v) is 5.11. The van der Waals surface area contributed by atoms with Crippen LogP contribution in [0.5, 0.6) is 0 Å². The van der Waals surface area contributed by atoms with Gasteiger partial charge in [-0.05, 0) is 43.5 Å². The van der Waals surface area contributed by atoms with Gasteiger partial charge in [-0.15, -0.1) is 0 Å². The Bertz CT molecular complexity index is 775. The van der Waals surface area contributed by atoms with Crippen molar-refractivity contribution >= 4 is 23.3 Å². The lowest BCUT2D eigenvalue weighted by Crippen LogP contribution is -2.49. The zero-order chi connectivity index (χ0) is 18.7. The first kappa shape index (κ1) is 18.7. The van der Waals surface area contributed by atoms with Gasteiger partial charge in [0.25, 0.3) is 0 Å². The monoisotopic (exact) mass is 371 g/mol. The molecule has 1 fully saturated rings. The SMILES string of the molecule is Cc1cccc(CN2CCN(C(=O)Nc3c(C)cc(C)cc3Cl)CC2)c1. The van der Waals surface area contributed by atoms with Crippen LogP contribution in [0.4, 0.5) is 10.5 Å². The first-order valence-corrected chi connectivity index (χ1v) is 9.41. The second-order valence-electron chi connectivity index (χ2n) is 7.12. The molecule has 3 rings (SSSR count). The maximum atomic E-state index is 12.6. The number of hydrogen-bond acceptors (Lipinski definition) is 2. The van der Waals surface area contributed by atoms with Crippen molar-refractivity contribution in [3.63, 3.8) is 0 Å². The van der Waals surface area contributed by atoms with Gasteiger partial charge >= 0.3 is 6.03 Å². The van der Waals surface area contributed by atoms with Gasteiger partial charge in [0.15, 0.2) is 0 Å². The Labute approximate surface area is 160 Å². The Hall–Kier alpha value is -2.04. The minimum absolute atomic E-state index is 0.0749. The molecule has 4 nitrogen and oxygen atoms in total. The molecule has 138 valence electrons. The van der Waals surface area contributed by atoms with Crippen LogP contribution in [0, 0.1) is 20.8 Å². The summed E-state index contributed by atoms with van der Waals surface area (Å²) in [6.45, 7) is 10.2. The average Bonchev–Trinajstić information content (AvgIpc) is 2.58. The molecule has 0 radical (unpaired) electrons. The summed E-state index contributed by atoms with van der Waals surface area (Å²) in [4.78, 5) is 16.9. The van der Waals surface area contributed by atoms with E-state index in [2.05, 4.69) is 41.4 Å². The van der Waals surface area contributed by atoms with E-state index in [0.717, 1.165) is 43.9 Å². The number of benzene rings is 2. The number of nitrogens with one attached hydrogen (secondary N) is 1. The first-order chi connectivity index (χ1) is 12.4. The van der Waals surface area contributed by atoms with Crippen molar-refractivity contribution in [3.05, 3.63) is 63.7 Å². The fourth-order valence-electron chi connectivity index (χ4n) is 3.44. The van der Waals surface area contributed by atoms with E-state index in [4.69, 9.17) is 11.6 Å². The van der Waals surface area contributed by atoms with Crippen molar-refractivity contribution in [1.29, 1.82) is 0 Å². The number of carbonyl (C=O) groups excluding carboxylic acids is 1. The molecular weight excluding hydrogens is 346 g/mol. The van der Waals surface area contributed by atoms with Gasteiger partial charge in [0.05, 0.1) is 10.7 Å². The average molecular weight is 372 g/mol. The van der Waals surface area contributed by atoms with E-state index < -0.39 is 0 Å². The predicted octanol–water partition coefficient (Wildman–Crippen LogP) is 4.61. The van der Waals surface area contributed by atoms with E-state index in [1.54, 1.807) is 0 Å². The molecule has 2 amide bonds. The van der Waals surface area contributed by atoms with E-state index in [-0.39, 0.29) is 6.03 Å². The summed E-state index contributed by atoms with van der Waals surface area (Å²) < 4.78 is 0. The Morgan fingerprint density at radius 1 is 1.04 bits per heavy atom. The maximum absolute atomic E-state index is 12.6. The van der Waals surface area contributed by atoms with Crippen LogP contribution in [0.2, 0.25) is 5.02 Å². The quantitative estimate of drug-likeness (QED) is 0.854. The molecule has 1 aliphatic rings. The summed E-state index contributed by atoms with van der Waals surface area (Å²) in [5.41, 5.74) is 5.40. The van der Waals surface area contributed by atoms with Crippen LogP contribution in [0.25, 0.3) is 0 Å². The number of aryl methyl sites for hydroxylation is 3. The number of amides is 2. The van der Waals surface area contributed by atoms with Crippen molar-refractivity contribution in [2.24, 2.45) is 0 Å². The first-order valence-electron chi connectivity index (χ1n) is 9.03. The minimum Gasteiger partial charge on any atom is -0.322 e. The molecule has 1 aliphatic heterocycles. The molecule has 0 atom stereocenters. The number of anilines is 1. The van der Waals surface area contributed by atoms with Gasteiger partial charge in [-0.2, -0.15) is 0 Å². The van der Waals surface area contributed by atoms with Gasteiger partial charge in [-0.25, -0.2) is 4.79 Å². The molecule has 1 N–H and O–H groups in total. The van der Waals surface area contributed by atoms with Crippen LogP contribution < -0.4 is 5.32 Å². The highest BCUT2D eigenvalue weighted by Crippen LogP contribution is 2.27. The third-order valence-electron chi connectivity index (χ3n) is 4.81. The number of halogens is 1. The summed E-state index contributed by atoms with van der Waals surface area (Å²) in [7, 11) is 0. The summed E-state index contributed by atoms with van der Waals surface area (Å²) in [5.74, 6) is 0. The number of rotatable bonds is 3. The van der Waals surface area contributed by atoms with E-state index in [1.165, 1.54) is 11.1 Å². The Morgan fingerprint density at radius 3 is 2.42 bits per heavy atom. The smallest absolute Gasteiger partial charge is 0.321 e. The molecule has 0 spiro atoms. The van der Waals surface area contributed by atoms with Crippen LogP contribution in [-0.4, -0.2) is 42.0 Å². The van der Waals surface area contributed by atoms with Crippen molar-refractivity contribution in [1.82, 2.24) is 9.80 Å². The molecule has 26 heavy (non-hydrogen) atoms. The summed E-state index contributed by atoms with van der Waals surface area (Å²) in [6, 6.07) is 12.4. The highest BCUT2D eigenvalue weighted by atomic mass is 35.5. The number of piperazine rings is 1. The Kier molecular flexibility index (Phi) is 5.84. The standard InChI is InChI=1S/C21H26ClN3O/c1-15-5-4-6-18(12-15)14-24-7-9-25(10-8-24)21(26)23-20-17(3)11-16(2)13-19(20)22/h4-6,11-13H,7-10,14H2,1-3H3,(H,23,26). The van der Waals surface area contributed by atoms with Crippen molar-refractivity contribution < 1.29 is 4.79 Å². The van der Waals surface area contributed by atoms with E-state index in [0.29, 0.717) is 10.7 Å². The molecule has 0 aromatic heterocycles. The number of hydrogen-bond donors (Lipinski definition) is 1. The normalized spacial score (nSPS) is 15.2. The largest absolute Gasteiger partial charge is 0.322 e. The van der Waals surface area contributed by atoms with Gasteiger partial charge in [-0.1, -0.05) is 47.5 Å². The van der Waals surface area contributed by atoms with Crippen LogP contribution in [0.1, 0.15) is 22.3 Å². The molecule has 1 heterocycles. The van der Waals surface area contributed by atoms with Crippen LogP contribution >= 0.6 is 11.6 Å². The van der Waals surface area contributed by atoms with Gasteiger partial charge in [0.2, 0.25) is 0 Å². The van der Waals surface area contributed by atoms with Crippen molar-refractivity contribution in [2.45, 2.75) is 27.3 Å². The second-order valence-corrected chi connectivity index (χ2v) is 7.53. The Morgan fingerprint density at radius 2 is 1.77 bits per heavy atom. The number of nitrogens with zero attached hydrogens (tertiary/aromatic N) is 2. The second kappa shape index (κ2) is 8.11. The predicted molar refractivity (Wildman–Crippen MR) is 108 cm³/mol. The summed E-state index contributed by atoms with van der Waals surface area (Å²) in [6.07, 6.45) is 0. The summed E-state index contributed by atoms with van der Waals surface area (Å²) in [5, 5.41) is 3.58. The van der Waals surface area contributed by atoms with Gasteiger partial charge in [0.1, 0.15) is 0 Å². The van der Waals surface area contributed by atoms with Gasteiger partial charge in [0, 0.05) is 32.7 Å². The fraction of sp³-hybridized carbons (Fsp3) is 0.381. The van der Waals surface area contributed by atoms with E-state index in [1.807, 2.05) is 30.9 Å². The highest BCUT2D eigenvalue weighted by molar-refractivity contribution is 6.34. The molecule has 2 aromatic carbocycles. The molecule has 0 saturated carbocycles. The van der Waals surface area contributed by atoms with Crippen molar-refractivity contribution in [2.75, 3.05) is 31.5 Å². The molecular formula is C21H26ClN3O. The summed E-state index contributed by atoms with van der Waals surface area (Å²) >= 11 is 6.30. The topological polar surface area (TPSA) is 35.6 Å². The van der Waals surface area contributed by atoms with Crippen LogP contribution in [-0.2, 0) is 6.54 Å².